The Hall–Kier alpha value is -1.94. The molecule has 0 fully saturated rings. The first-order valence-electron chi connectivity index (χ1n) is 6.04. The molecule has 4 heteroatoms. The molecule has 2 rings (SSSR count). The van der Waals surface area contributed by atoms with Gasteiger partial charge in [-0.2, -0.15) is 0 Å². The van der Waals surface area contributed by atoms with E-state index in [0.29, 0.717) is 6.42 Å². The van der Waals surface area contributed by atoms with Gasteiger partial charge < -0.3 is 11.1 Å². The van der Waals surface area contributed by atoms with Gasteiger partial charge in [-0.05, 0) is 37.1 Å². The Morgan fingerprint density at radius 1 is 1.44 bits per heavy atom. The van der Waals surface area contributed by atoms with E-state index in [0.717, 1.165) is 22.2 Å². The fourth-order valence-electron chi connectivity index (χ4n) is 1.83. The van der Waals surface area contributed by atoms with Crippen LogP contribution in [0.15, 0.2) is 30.5 Å². The van der Waals surface area contributed by atoms with E-state index < -0.39 is 6.04 Å². The lowest BCUT2D eigenvalue weighted by molar-refractivity contribution is -0.117. The molecule has 0 saturated heterocycles. The zero-order valence-corrected chi connectivity index (χ0v) is 10.6. The van der Waals surface area contributed by atoms with Crippen LogP contribution in [-0.4, -0.2) is 16.9 Å². The van der Waals surface area contributed by atoms with Gasteiger partial charge in [0, 0.05) is 11.6 Å². The van der Waals surface area contributed by atoms with Gasteiger partial charge in [-0.1, -0.05) is 13.0 Å². The Labute approximate surface area is 106 Å². The van der Waals surface area contributed by atoms with E-state index in [4.69, 9.17) is 5.73 Å². The number of hydrogen-bond acceptors (Lipinski definition) is 3. The predicted octanol–water partition coefficient (Wildman–Crippen LogP) is 2.22. The summed E-state index contributed by atoms with van der Waals surface area (Å²) in [7, 11) is 0. The summed E-state index contributed by atoms with van der Waals surface area (Å²) in [6.07, 6.45) is 2.37. The number of aromatic nitrogens is 1. The monoisotopic (exact) mass is 243 g/mol. The molecule has 0 spiro atoms. The summed E-state index contributed by atoms with van der Waals surface area (Å²) in [5.41, 5.74) is 8.46. The van der Waals surface area contributed by atoms with Gasteiger partial charge in [0.2, 0.25) is 5.91 Å². The highest BCUT2D eigenvalue weighted by Gasteiger charge is 2.13. The number of benzene rings is 1. The van der Waals surface area contributed by atoms with Crippen molar-refractivity contribution in [2.75, 3.05) is 5.32 Å². The quantitative estimate of drug-likeness (QED) is 0.868. The van der Waals surface area contributed by atoms with Crippen molar-refractivity contribution in [2.24, 2.45) is 5.73 Å². The van der Waals surface area contributed by atoms with E-state index in [1.54, 1.807) is 6.20 Å². The zero-order valence-electron chi connectivity index (χ0n) is 10.6. The van der Waals surface area contributed by atoms with E-state index in [-0.39, 0.29) is 5.91 Å². The van der Waals surface area contributed by atoms with Crippen LogP contribution in [0.25, 0.3) is 10.9 Å². The van der Waals surface area contributed by atoms with Crippen LogP contribution in [0.3, 0.4) is 0 Å². The molecule has 0 aliphatic heterocycles. The molecule has 0 bridgehead atoms. The molecule has 3 N–H and O–H groups in total. The number of nitrogens with two attached hydrogens (primary N) is 1. The summed E-state index contributed by atoms with van der Waals surface area (Å²) in [4.78, 5) is 16.1. The Balaban J connectivity index is 2.40. The number of amides is 1. The summed E-state index contributed by atoms with van der Waals surface area (Å²) in [5, 5.41) is 3.80. The fourth-order valence-corrected chi connectivity index (χ4v) is 1.83. The van der Waals surface area contributed by atoms with E-state index in [1.165, 1.54) is 0 Å². The highest BCUT2D eigenvalue weighted by molar-refractivity contribution is 6.03. The van der Waals surface area contributed by atoms with Crippen LogP contribution >= 0.6 is 0 Å². The number of rotatable bonds is 3. The lowest BCUT2D eigenvalue weighted by Gasteiger charge is -2.12. The van der Waals surface area contributed by atoms with Gasteiger partial charge in [0.25, 0.3) is 0 Å². The number of nitrogens with zero attached hydrogens (tertiary/aromatic N) is 1. The van der Waals surface area contributed by atoms with E-state index >= 15 is 0 Å². The van der Waals surface area contributed by atoms with Gasteiger partial charge in [-0.15, -0.1) is 0 Å². The second kappa shape index (κ2) is 5.14. The van der Waals surface area contributed by atoms with Crippen molar-refractivity contribution in [2.45, 2.75) is 26.3 Å². The fraction of sp³-hybridized carbons (Fsp3) is 0.286. The lowest BCUT2D eigenvalue weighted by atomic mass is 10.1. The van der Waals surface area contributed by atoms with E-state index in [2.05, 4.69) is 10.3 Å². The minimum Gasteiger partial charge on any atom is -0.324 e. The number of hydrogen-bond donors (Lipinski definition) is 2. The maximum absolute atomic E-state index is 11.8. The van der Waals surface area contributed by atoms with Crippen LogP contribution in [0.4, 0.5) is 5.69 Å². The Morgan fingerprint density at radius 2 is 2.22 bits per heavy atom. The Kier molecular flexibility index (Phi) is 3.58. The average Bonchev–Trinajstić information content (AvgIpc) is 2.41. The van der Waals surface area contributed by atoms with E-state index in [9.17, 15) is 4.79 Å². The lowest BCUT2D eigenvalue weighted by Crippen LogP contribution is -2.34. The third kappa shape index (κ3) is 2.33. The van der Waals surface area contributed by atoms with Crippen molar-refractivity contribution in [3.8, 4) is 0 Å². The first kappa shape index (κ1) is 12.5. The number of pyridine rings is 1. The number of fused-ring (bicyclic) bond motifs is 1. The summed E-state index contributed by atoms with van der Waals surface area (Å²) < 4.78 is 0. The summed E-state index contributed by atoms with van der Waals surface area (Å²) in [5.74, 6) is -0.161. The average molecular weight is 243 g/mol. The molecule has 0 unspecified atom stereocenters. The number of aryl methyl sites for hydroxylation is 1. The minimum atomic E-state index is -0.474. The van der Waals surface area contributed by atoms with Gasteiger partial charge in [0.1, 0.15) is 0 Å². The predicted molar refractivity (Wildman–Crippen MR) is 73.4 cm³/mol. The van der Waals surface area contributed by atoms with Gasteiger partial charge >= 0.3 is 0 Å². The number of nitrogens with one attached hydrogen (secondary N) is 1. The first-order chi connectivity index (χ1) is 8.63. The third-order valence-electron chi connectivity index (χ3n) is 3.01. The maximum atomic E-state index is 11.8. The molecular weight excluding hydrogens is 226 g/mol. The molecule has 94 valence electrons. The van der Waals surface area contributed by atoms with Crippen LogP contribution in [0, 0.1) is 6.92 Å². The molecule has 0 aliphatic rings. The number of anilines is 1. The molecule has 1 atom stereocenters. The van der Waals surface area contributed by atoms with Crippen LogP contribution < -0.4 is 11.1 Å². The number of carbonyl (C=O) groups excluding carboxylic acids is 1. The van der Waals surface area contributed by atoms with Gasteiger partial charge in [0.05, 0.1) is 17.2 Å². The second-order valence-electron chi connectivity index (χ2n) is 4.33. The van der Waals surface area contributed by atoms with Gasteiger partial charge in [-0.25, -0.2) is 0 Å². The van der Waals surface area contributed by atoms with Crippen LogP contribution in [0.5, 0.6) is 0 Å². The molecule has 2 aromatic rings. The molecule has 0 radical (unpaired) electrons. The largest absolute Gasteiger partial charge is 0.324 e. The van der Waals surface area contributed by atoms with Crippen LogP contribution in [0.1, 0.15) is 18.9 Å². The highest BCUT2D eigenvalue weighted by Crippen LogP contribution is 2.24. The van der Waals surface area contributed by atoms with Crippen molar-refractivity contribution < 1.29 is 4.79 Å². The molecular formula is C14H17N3O. The molecule has 1 amide bonds. The van der Waals surface area contributed by atoms with Crippen molar-refractivity contribution in [3.05, 3.63) is 36.0 Å². The normalized spacial score (nSPS) is 12.4. The van der Waals surface area contributed by atoms with Crippen molar-refractivity contribution in [1.29, 1.82) is 0 Å². The number of carbonyl (C=O) groups is 1. The third-order valence-corrected chi connectivity index (χ3v) is 3.01. The topological polar surface area (TPSA) is 68.0 Å². The summed E-state index contributed by atoms with van der Waals surface area (Å²) >= 11 is 0. The second-order valence-corrected chi connectivity index (χ2v) is 4.33. The van der Waals surface area contributed by atoms with Gasteiger partial charge in [0.15, 0.2) is 0 Å². The molecule has 1 aromatic heterocycles. The molecule has 4 nitrogen and oxygen atoms in total. The van der Waals surface area contributed by atoms with Crippen molar-refractivity contribution in [1.82, 2.24) is 4.98 Å². The first-order valence-corrected chi connectivity index (χ1v) is 6.04. The molecule has 0 saturated carbocycles. The zero-order chi connectivity index (χ0) is 13.1. The van der Waals surface area contributed by atoms with Crippen molar-refractivity contribution in [3.63, 3.8) is 0 Å². The van der Waals surface area contributed by atoms with E-state index in [1.807, 2.05) is 38.1 Å². The molecule has 1 aromatic carbocycles. The van der Waals surface area contributed by atoms with Gasteiger partial charge in [-0.3, -0.25) is 9.78 Å². The SMILES string of the molecule is CC[C@@H](N)C(=O)Nc1ccc(C)c2ncccc12. The molecule has 1 heterocycles. The smallest absolute Gasteiger partial charge is 0.241 e. The van der Waals surface area contributed by atoms with Crippen molar-refractivity contribution >= 4 is 22.5 Å². The van der Waals surface area contributed by atoms with Crippen LogP contribution in [-0.2, 0) is 4.79 Å². The summed E-state index contributed by atoms with van der Waals surface area (Å²) in [6, 6.07) is 7.17. The Bertz CT molecular complexity index is 580. The molecule has 18 heavy (non-hydrogen) atoms. The van der Waals surface area contributed by atoms with Crippen LogP contribution in [0.2, 0.25) is 0 Å². The standard InChI is InChI=1S/C14H17N3O/c1-3-11(15)14(18)17-12-7-6-9(2)13-10(12)5-4-8-16-13/h4-8,11H,3,15H2,1-2H3,(H,17,18)/t11-/m1/s1. The highest BCUT2D eigenvalue weighted by atomic mass is 16.2. The molecule has 0 aliphatic carbocycles. The summed E-state index contributed by atoms with van der Waals surface area (Å²) in [6.45, 7) is 3.89. The maximum Gasteiger partial charge on any atom is 0.241 e. The minimum absolute atomic E-state index is 0.161. The Morgan fingerprint density at radius 3 is 2.94 bits per heavy atom.